The van der Waals surface area contributed by atoms with E-state index < -0.39 is 69.0 Å². The van der Waals surface area contributed by atoms with E-state index in [9.17, 15) is 36.0 Å². The minimum Gasteiger partial charge on any atom is -0.456 e. The van der Waals surface area contributed by atoms with Gasteiger partial charge in [0.1, 0.15) is 18.3 Å². The number of nitrogens with zero attached hydrogens (tertiary/aromatic N) is 1. The van der Waals surface area contributed by atoms with Gasteiger partial charge in [-0.05, 0) is 5.56 Å². The molecule has 3 rings (SSSR count). The van der Waals surface area contributed by atoms with Crippen molar-refractivity contribution in [2.45, 2.75) is 24.2 Å². The summed E-state index contributed by atoms with van der Waals surface area (Å²) in [4.78, 5) is 36.4. The third-order valence-corrected chi connectivity index (χ3v) is 6.40. The standard InChI is InChI=1S/C17H15F3N2O7S/c1-28-16(25)21-11-13(23)22-12(15(24)29-7-9-5-3-2-4-6-9)10(17(18,19)20)8-30(26,27)14(11)22/h2-6,11,14H,7-8H2,1H3,(H,21,25). The number of hydrogen-bond donors (Lipinski definition) is 1. The van der Waals surface area contributed by atoms with Crippen molar-refractivity contribution in [3.8, 4) is 0 Å². The van der Waals surface area contributed by atoms with Crippen LogP contribution < -0.4 is 5.32 Å². The Balaban J connectivity index is 1.97. The number of fused-ring (bicyclic) bond motifs is 1. The first-order valence-corrected chi connectivity index (χ1v) is 10.1. The number of alkyl halides is 3. The van der Waals surface area contributed by atoms with Gasteiger partial charge in [0.25, 0.3) is 5.91 Å². The van der Waals surface area contributed by atoms with E-state index in [4.69, 9.17) is 4.74 Å². The lowest BCUT2D eigenvalue weighted by atomic mass is 10.0. The zero-order chi connectivity index (χ0) is 22.3. The SMILES string of the molecule is COC(=O)NC1C(=O)N2C(C(=O)OCc3ccccc3)=C(C(F)(F)F)CS(=O)(=O)C12. The first-order chi connectivity index (χ1) is 14.0. The highest BCUT2D eigenvalue weighted by Gasteiger charge is 2.63. The first-order valence-electron chi connectivity index (χ1n) is 8.38. The zero-order valence-electron chi connectivity index (χ0n) is 15.3. The second kappa shape index (κ2) is 7.63. The van der Waals surface area contributed by atoms with E-state index in [0.717, 1.165) is 7.11 Å². The second-order valence-corrected chi connectivity index (χ2v) is 8.50. The van der Waals surface area contributed by atoms with Crippen molar-refractivity contribution >= 4 is 27.8 Å². The van der Waals surface area contributed by atoms with Crippen molar-refractivity contribution in [2.75, 3.05) is 12.9 Å². The molecule has 0 aliphatic carbocycles. The van der Waals surface area contributed by atoms with Gasteiger partial charge < -0.3 is 14.8 Å². The molecule has 2 atom stereocenters. The average molecular weight is 448 g/mol. The molecule has 0 bridgehead atoms. The molecule has 162 valence electrons. The van der Waals surface area contributed by atoms with Crippen LogP contribution in [0.25, 0.3) is 0 Å². The van der Waals surface area contributed by atoms with Gasteiger partial charge in [-0.15, -0.1) is 0 Å². The Kier molecular flexibility index (Phi) is 5.50. The predicted octanol–water partition coefficient (Wildman–Crippen LogP) is 0.867. The van der Waals surface area contributed by atoms with Gasteiger partial charge in [-0.1, -0.05) is 30.3 Å². The van der Waals surface area contributed by atoms with E-state index in [1.807, 2.05) is 5.32 Å². The van der Waals surface area contributed by atoms with Crippen LogP contribution in [-0.4, -0.2) is 61.7 Å². The van der Waals surface area contributed by atoms with Crippen molar-refractivity contribution < 1.29 is 45.4 Å². The molecule has 2 amide bonds. The largest absolute Gasteiger partial charge is 0.456 e. The highest BCUT2D eigenvalue weighted by Crippen LogP contribution is 2.42. The predicted molar refractivity (Wildman–Crippen MR) is 93.1 cm³/mol. The van der Waals surface area contributed by atoms with Crippen LogP contribution in [0, 0.1) is 0 Å². The molecule has 2 aliphatic rings. The van der Waals surface area contributed by atoms with Crippen LogP contribution in [0.5, 0.6) is 0 Å². The molecule has 1 aromatic rings. The van der Waals surface area contributed by atoms with Crippen LogP contribution in [0.2, 0.25) is 0 Å². The Hall–Kier alpha value is -3.09. The molecule has 1 aromatic carbocycles. The van der Waals surface area contributed by atoms with E-state index in [2.05, 4.69) is 4.74 Å². The van der Waals surface area contributed by atoms with Gasteiger partial charge >= 0.3 is 18.2 Å². The van der Waals surface area contributed by atoms with Crippen LogP contribution in [0.1, 0.15) is 5.56 Å². The van der Waals surface area contributed by atoms with E-state index in [1.54, 1.807) is 30.3 Å². The maximum atomic E-state index is 13.5. The third kappa shape index (κ3) is 3.84. The summed E-state index contributed by atoms with van der Waals surface area (Å²) in [6, 6.07) is 6.36. The zero-order valence-corrected chi connectivity index (χ0v) is 16.1. The molecule has 13 heteroatoms. The number of esters is 1. The van der Waals surface area contributed by atoms with Crippen LogP contribution in [0.3, 0.4) is 0 Å². The first kappa shape index (κ1) is 21.6. The van der Waals surface area contributed by atoms with Gasteiger partial charge in [0, 0.05) is 0 Å². The van der Waals surface area contributed by atoms with Crippen molar-refractivity contribution in [2.24, 2.45) is 0 Å². The monoisotopic (exact) mass is 448 g/mol. The number of halogens is 3. The molecule has 1 N–H and O–H groups in total. The minimum absolute atomic E-state index is 0.204. The van der Waals surface area contributed by atoms with E-state index in [1.165, 1.54) is 0 Å². The number of alkyl carbamates (subject to hydrolysis) is 1. The Morgan fingerprint density at radius 2 is 1.87 bits per heavy atom. The smallest absolute Gasteiger partial charge is 0.415 e. The fourth-order valence-electron chi connectivity index (χ4n) is 3.12. The summed E-state index contributed by atoms with van der Waals surface area (Å²) in [5.74, 6) is -4.25. The number of sulfone groups is 1. The summed E-state index contributed by atoms with van der Waals surface area (Å²) in [7, 11) is -3.62. The van der Waals surface area contributed by atoms with Crippen molar-refractivity contribution in [1.29, 1.82) is 0 Å². The summed E-state index contributed by atoms with van der Waals surface area (Å²) >= 11 is 0. The number of carbonyl (C=O) groups excluding carboxylic acids is 3. The number of hydrogen-bond acceptors (Lipinski definition) is 7. The normalized spacial score (nSPS) is 22.7. The summed E-state index contributed by atoms with van der Waals surface area (Å²) in [6.07, 6.45) is -6.36. The number of ether oxygens (including phenoxy) is 2. The molecular weight excluding hydrogens is 433 g/mol. The number of amides is 2. The van der Waals surface area contributed by atoms with Gasteiger partial charge in [-0.2, -0.15) is 13.2 Å². The molecule has 1 saturated heterocycles. The molecule has 2 heterocycles. The lowest BCUT2D eigenvalue weighted by Crippen LogP contribution is -2.75. The molecule has 2 aliphatic heterocycles. The quantitative estimate of drug-likeness (QED) is 0.536. The molecule has 1 fully saturated rings. The second-order valence-electron chi connectivity index (χ2n) is 6.41. The highest BCUT2D eigenvalue weighted by atomic mass is 32.2. The lowest BCUT2D eigenvalue weighted by molar-refractivity contribution is -0.154. The molecule has 9 nitrogen and oxygen atoms in total. The third-order valence-electron chi connectivity index (χ3n) is 4.49. The maximum absolute atomic E-state index is 13.5. The number of benzene rings is 1. The fourth-order valence-corrected chi connectivity index (χ4v) is 5.12. The van der Waals surface area contributed by atoms with Gasteiger partial charge in [0.2, 0.25) is 0 Å². The number of nitrogens with one attached hydrogen (secondary N) is 1. The van der Waals surface area contributed by atoms with Gasteiger partial charge in [0.15, 0.2) is 15.2 Å². The van der Waals surface area contributed by atoms with E-state index in [-0.39, 0.29) is 4.90 Å². The van der Waals surface area contributed by atoms with Gasteiger partial charge in [-0.3, -0.25) is 9.69 Å². The topological polar surface area (TPSA) is 119 Å². The van der Waals surface area contributed by atoms with Crippen molar-refractivity contribution in [1.82, 2.24) is 10.2 Å². The summed E-state index contributed by atoms with van der Waals surface area (Å²) in [5.41, 5.74) is -2.44. The number of rotatable bonds is 4. The highest BCUT2D eigenvalue weighted by molar-refractivity contribution is 7.92. The van der Waals surface area contributed by atoms with E-state index >= 15 is 0 Å². The number of β-lactam (4-membered cyclic amide) rings is 1. The Morgan fingerprint density at radius 3 is 2.43 bits per heavy atom. The summed E-state index contributed by atoms with van der Waals surface area (Å²) < 4.78 is 74.5. The molecular formula is C17H15F3N2O7S. The van der Waals surface area contributed by atoms with Crippen molar-refractivity contribution in [3.63, 3.8) is 0 Å². The maximum Gasteiger partial charge on any atom is 0.415 e. The molecule has 0 spiro atoms. The number of methoxy groups -OCH3 is 1. The number of carbonyl (C=O) groups is 3. The van der Waals surface area contributed by atoms with Crippen LogP contribution in [-0.2, 0) is 35.5 Å². The van der Waals surface area contributed by atoms with E-state index in [0.29, 0.717) is 5.56 Å². The lowest BCUT2D eigenvalue weighted by Gasteiger charge is -2.49. The van der Waals surface area contributed by atoms with Crippen LogP contribution in [0.15, 0.2) is 41.6 Å². The molecule has 0 saturated carbocycles. The Morgan fingerprint density at radius 1 is 1.23 bits per heavy atom. The summed E-state index contributed by atoms with van der Waals surface area (Å²) in [6.45, 7) is -0.391. The fraction of sp³-hybridized carbons (Fsp3) is 0.353. The van der Waals surface area contributed by atoms with Gasteiger partial charge in [-0.25, -0.2) is 18.0 Å². The van der Waals surface area contributed by atoms with Gasteiger partial charge in [0.05, 0.1) is 18.4 Å². The molecule has 2 unspecified atom stereocenters. The van der Waals surface area contributed by atoms with Crippen molar-refractivity contribution in [3.05, 3.63) is 47.2 Å². The average Bonchev–Trinajstić information content (AvgIpc) is 2.68. The molecule has 0 radical (unpaired) electrons. The Labute approximate surface area is 168 Å². The summed E-state index contributed by atoms with van der Waals surface area (Å²) in [5, 5.41) is 0.0739. The molecule has 0 aromatic heterocycles. The van der Waals surface area contributed by atoms with Crippen LogP contribution >= 0.6 is 0 Å². The Bertz CT molecular complexity index is 1020. The minimum atomic E-state index is -5.21. The van der Waals surface area contributed by atoms with Crippen LogP contribution in [0.4, 0.5) is 18.0 Å². The molecule has 30 heavy (non-hydrogen) atoms.